The molecule has 19 heavy (non-hydrogen) atoms. The van der Waals surface area contributed by atoms with Gasteiger partial charge >= 0.3 is 0 Å². The Labute approximate surface area is 114 Å². The summed E-state index contributed by atoms with van der Waals surface area (Å²) in [5.74, 6) is 0.674. The number of methoxy groups -OCH3 is 1. The highest BCUT2D eigenvalue weighted by atomic mass is 16.5. The van der Waals surface area contributed by atoms with E-state index in [1.54, 1.807) is 13.2 Å². The number of benzene rings is 1. The fraction of sp³-hybridized carbons (Fsp3) is 0.500. The maximum absolute atomic E-state index is 11.7. The first-order valence-corrected chi connectivity index (χ1v) is 6.41. The molecule has 1 amide bonds. The number of anilines is 1. The molecule has 0 aliphatic rings. The van der Waals surface area contributed by atoms with E-state index in [9.17, 15) is 4.79 Å². The molecule has 1 rings (SSSR count). The Morgan fingerprint density at radius 2 is 2.26 bits per heavy atom. The summed E-state index contributed by atoms with van der Waals surface area (Å²) in [6.45, 7) is 2.86. The highest BCUT2D eigenvalue weighted by Crippen LogP contribution is 2.17. The van der Waals surface area contributed by atoms with Crippen molar-refractivity contribution in [3.63, 3.8) is 0 Å². The molecule has 0 radical (unpaired) electrons. The van der Waals surface area contributed by atoms with Crippen LogP contribution in [0.4, 0.5) is 5.69 Å². The number of nitrogens with two attached hydrogens (primary N) is 1. The fourth-order valence-corrected chi connectivity index (χ4v) is 1.52. The third-order valence-electron chi connectivity index (χ3n) is 2.68. The summed E-state index contributed by atoms with van der Waals surface area (Å²) in [6, 6.07) is 7.28. The first-order chi connectivity index (χ1) is 9.15. The molecular weight excluding hydrogens is 244 g/mol. The molecular formula is C14H22N2O3. The largest absolute Gasteiger partial charge is 0.492 e. The SMILES string of the molecule is COC(C)CCC(=O)Nc1cccc(OCCN)c1. The van der Waals surface area contributed by atoms with Crippen LogP contribution in [-0.4, -0.2) is 32.3 Å². The van der Waals surface area contributed by atoms with Gasteiger partial charge < -0.3 is 20.5 Å². The molecule has 0 saturated heterocycles. The zero-order chi connectivity index (χ0) is 14.1. The van der Waals surface area contributed by atoms with Crippen molar-refractivity contribution < 1.29 is 14.3 Å². The van der Waals surface area contributed by atoms with Crippen LogP contribution in [0.2, 0.25) is 0 Å². The summed E-state index contributed by atoms with van der Waals surface area (Å²) in [4.78, 5) is 11.7. The number of carbonyl (C=O) groups excluding carboxylic acids is 1. The lowest BCUT2D eigenvalue weighted by molar-refractivity contribution is -0.116. The van der Waals surface area contributed by atoms with E-state index in [0.717, 1.165) is 5.69 Å². The van der Waals surface area contributed by atoms with Gasteiger partial charge in [0.1, 0.15) is 12.4 Å². The molecule has 5 heteroatoms. The molecule has 106 valence electrons. The molecule has 5 nitrogen and oxygen atoms in total. The average Bonchev–Trinajstić information content (AvgIpc) is 2.43. The number of hydrogen-bond donors (Lipinski definition) is 2. The number of nitrogens with one attached hydrogen (secondary N) is 1. The molecule has 1 aromatic rings. The van der Waals surface area contributed by atoms with Gasteiger partial charge in [-0.1, -0.05) is 6.07 Å². The number of amides is 1. The van der Waals surface area contributed by atoms with Crippen LogP contribution in [-0.2, 0) is 9.53 Å². The molecule has 0 heterocycles. The molecule has 3 N–H and O–H groups in total. The second-order valence-corrected chi connectivity index (χ2v) is 4.30. The number of carbonyl (C=O) groups is 1. The van der Waals surface area contributed by atoms with Crippen LogP contribution in [0.15, 0.2) is 24.3 Å². The van der Waals surface area contributed by atoms with Crippen LogP contribution in [0.5, 0.6) is 5.75 Å². The van der Waals surface area contributed by atoms with Crippen LogP contribution >= 0.6 is 0 Å². The second-order valence-electron chi connectivity index (χ2n) is 4.30. The van der Waals surface area contributed by atoms with Crippen LogP contribution in [0.1, 0.15) is 19.8 Å². The van der Waals surface area contributed by atoms with Crippen LogP contribution in [0, 0.1) is 0 Å². The van der Waals surface area contributed by atoms with E-state index in [-0.39, 0.29) is 12.0 Å². The van der Waals surface area contributed by atoms with E-state index in [0.29, 0.717) is 31.7 Å². The van der Waals surface area contributed by atoms with Crippen LogP contribution in [0.3, 0.4) is 0 Å². The first-order valence-electron chi connectivity index (χ1n) is 6.41. The highest BCUT2D eigenvalue weighted by Gasteiger charge is 2.06. The van der Waals surface area contributed by atoms with Gasteiger partial charge in [-0.05, 0) is 25.5 Å². The van der Waals surface area contributed by atoms with Crippen molar-refractivity contribution in [2.24, 2.45) is 5.73 Å². The van der Waals surface area contributed by atoms with Gasteiger partial charge in [-0.2, -0.15) is 0 Å². The predicted octanol–water partition coefficient (Wildman–Crippen LogP) is 1.78. The summed E-state index contributed by atoms with van der Waals surface area (Å²) in [7, 11) is 1.64. The van der Waals surface area contributed by atoms with E-state index >= 15 is 0 Å². The van der Waals surface area contributed by atoms with Crippen molar-refractivity contribution in [3.05, 3.63) is 24.3 Å². The zero-order valence-electron chi connectivity index (χ0n) is 11.5. The van der Waals surface area contributed by atoms with Gasteiger partial charge in [-0.15, -0.1) is 0 Å². The molecule has 0 bridgehead atoms. The lowest BCUT2D eigenvalue weighted by Crippen LogP contribution is -2.15. The summed E-state index contributed by atoms with van der Waals surface area (Å²) >= 11 is 0. The Kier molecular flexibility index (Phi) is 6.92. The van der Waals surface area contributed by atoms with E-state index < -0.39 is 0 Å². The summed E-state index contributed by atoms with van der Waals surface area (Å²) < 4.78 is 10.5. The Morgan fingerprint density at radius 3 is 2.95 bits per heavy atom. The average molecular weight is 266 g/mol. The molecule has 0 aromatic heterocycles. The maximum Gasteiger partial charge on any atom is 0.224 e. The molecule has 0 aliphatic heterocycles. The van der Waals surface area contributed by atoms with Gasteiger partial charge in [-0.3, -0.25) is 4.79 Å². The van der Waals surface area contributed by atoms with Gasteiger partial charge in [0.25, 0.3) is 0 Å². The summed E-state index contributed by atoms with van der Waals surface area (Å²) in [6.07, 6.45) is 1.22. The van der Waals surface area contributed by atoms with Gasteiger partial charge in [0, 0.05) is 31.8 Å². The van der Waals surface area contributed by atoms with Crippen molar-refractivity contribution in [2.75, 3.05) is 25.6 Å². The lowest BCUT2D eigenvalue weighted by Gasteiger charge is -2.10. The van der Waals surface area contributed by atoms with E-state index in [1.807, 2.05) is 25.1 Å². The van der Waals surface area contributed by atoms with Crippen molar-refractivity contribution in [1.82, 2.24) is 0 Å². The molecule has 1 aromatic carbocycles. The number of hydrogen-bond acceptors (Lipinski definition) is 4. The van der Waals surface area contributed by atoms with Gasteiger partial charge in [-0.25, -0.2) is 0 Å². The van der Waals surface area contributed by atoms with E-state index in [2.05, 4.69) is 5.32 Å². The van der Waals surface area contributed by atoms with Crippen molar-refractivity contribution in [2.45, 2.75) is 25.9 Å². The Balaban J connectivity index is 2.45. The van der Waals surface area contributed by atoms with Crippen molar-refractivity contribution in [3.8, 4) is 5.75 Å². The van der Waals surface area contributed by atoms with Gasteiger partial charge in [0.05, 0.1) is 6.10 Å². The number of rotatable bonds is 8. The van der Waals surface area contributed by atoms with Gasteiger partial charge in [0.15, 0.2) is 0 Å². The van der Waals surface area contributed by atoms with Crippen molar-refractivity contribution >= 4 is 11.6 Å². The van der Waals surface area contributed by atoms with Crippen molar-refractivity contribution in [1.29, 1.82) is 0 Å². The molecule has 0 fully saturated rings. The predicted molar refractivity (Wildman–Crippen MR) is 75.3 cm³/mol. The summed E-state index contributed by atoms with van der Waals surface area (Å²) in [5, 5.41) is 2.83. The highest BCUT2D eigenvalue weighted by molar-refractivity contribution is 5.90. The smallest absolute Gasteiger partial charge is 0.224 e. The molecule has 1 unspecified atom stereocenters. The monoisotopic (exact) mass is 266 g/mol. The normalized spacial score (nSPS) is 11.9. The second kappa shape index (κ2) is 8.50. The summed E-state index contributed by atoms with van der Waals surface area (Å²) in [5.41, 5.74) is 6.10. The minimum Gasteiger partial charge on any atom is -0.492 e. The Bertz CT molecular complexity index is 396. The van der Waals surface area contributed by atoms with E-state index in [4.69, 9.17) is 15.2 Å². The van der Waals surface area contributed by atoms with Crippen LogP contribution < -0.4 is 15.8 Å². The minimum atomic E-state index is -0.0279. The molecule has 1 atom stereocenters. The van der Waals surface area contributed by atoms with Crippen LogP contribution in [0.25, 0.3) is 0 Å². The minimum absolute atomic E-state index is 0.0279. The molecule has 0 spiro atoms. The lowest BCUT2D eigenvalue weighted by atomic mass is 10.2. The zero-order valence-corrected chi connectivity index (χ0v) is 11.5. The van der Waals surface area contributed by atoms with E-state index in [1.165, 1.54) is 0 Å². The maximum atomic E-state index is 11.7. The fourth-order valence-electron chi connectivity index (χ4n) is 1.52. The topological polar surface area (TPSA) is 73.6 Å². The number of ether oxygens (including phenoxy) is 2. The Morgan fingerprint density at radius 1 is 1.47 bits per heavy atom. The quantitative estimate of drug-likeness (QED) is 0.752. The standard InChI is InChI=1S/C14H22N2O3/c1-11(18-2)6-7-14(17)16-12-4-3-5-13(10-12)19-9-8-15/h3-5,10-11H,6-9,15H2,1-2H3,(H,16,17). The third-order valence-corrected chi connectivity index (χ3v) is 2.68. The van der Waals surface area contributed by atoms with Gasteiger partial charge in [0.2, 0.25) is 5.91 Å². The first kappa shape index (κ1) is 15.5. The molecule has 0 aliphatic carbocycles. The Hall–Kier alpha value is -1.59. The third kappa shape index (κ3) is 6.22. The molecule has 0 saturated carbocycles.